The van der Waals surface area contributed by atoms with Crippen molar-refractivity contribution in [3.63, 3.8) is 0 Å². The molecule has 0 spiro atoms. The number of benzene rings is 1. The molecule has 1 heterocycles. The van der Waals surface area contributed by atoms with Gasteiger partial charge in [-0.1, -0.05) is 23.7 Å². The fourth-order valence-electron chi connectivity index (χ4n) is 1.45. The first-order valence-electron chi connectivity index (χ1n) is 5.13. The van der Waals surface area contributed by atoms with Gasteiger partial charge >= 0.3 is 0 Å². The van der Waals surface area contributed by atoms with Crippen LogP contribution in [0.1, 0.15) is 23.5 Å². The summed E-state index contributed by atoms with van der Waals surface area (Å²) >= 11 is 7.51. The van der Waals surface area contributed by atoms with Crippen molar-refractivity contribution >= 4 is 22.9 Å². The summed E-state index contributed by atoms with van der Waals surface area (Å²) in [4.78, 5) is 4.23. The zero-order valence-electron chi connectivity index (χ0n) is 8.98. The van der Waals surface area contributed by atoms with Gasteiger partial charge in [-0.15, -0.1) is 11.3 Å². The molecule has 0 aliphatic carbocycles. The standard InChI is InChI=1S/C12H13ClN2S/c1-9(10-2-4-11(13)5-3-10)15-8-12-14-6-7-16-12/h2-7,9,15H,8H2,1H3. The lowest BCUT2D eigenvalue weighted by Gasteiger charge is -2.13. The van der Waals surface area contributed by atoms with E-state index in [0.717, 1.165) is 16.6 Å². The van der Waals surface area contributed by atoms with Crippen LogP contribution in [0.2, 0.25) is 5.02 Å². The number of nitrogens with one attached hydrogen (secondary N) is 1. The van der Waals surface area contributed by atoms with Crippen molar-refractivity contribution in [2.75, 3.05) is 0 Å². The lowest BCUT2D eigenvalue weighted by atomic mass is 10.1. The fourth-order valence-corrected chi connectivity index (χ4v) is 2.14. The van der Waals surface area contributed by atoms with Gasteiger partial charge in [0.1, 0.15) is 5.01 Å². The largest absolute Gasteiger partial charge is 0.304 e. The normalized spacial score (nSPS) is 12.6. The van der Waals surface area contributed by atoms with Crippen LogP contribution < -0.4 is 5.32 Å². The summed E-state index contributed by atoms with van der Waals surface area (Å²) in [6.45, 7) is 2.94. The Morgan fingerprint density at radius 3 is 2.75 bits per heavy atom. The molecule has 0 fully saturated rings. The average molecular weight is 253 g/mol. The zero-order valence-corrected chi connectivity index (χ0v) is 10.6. The van der Waals surface area contributed by atoms with Crippen LogP contribution in [0.5, 0.6) is 0 Å². The number of rotatable bonds is 4. The number of halogens is 1. The van der Waals surface area contributed by atoms with Gasteiger partial charge in [0, 0.05) is 29.2 Å². The molecule has 2 aromatic rings. The van der Waals surface area contributed by atoms with Gasteiger partial charge in [0.15, 0.2) is 0 Å². The maximum atomic E-state index is 5.85. The Labute approximate surface area is 104 Å². The van der Waals surface area contributed by atoms with Gasteiger partial charge in [-0.25, -0.2) is 4.98 Å². The van der Waals surface area contributed by atoms with Gasteiger partial charge in [-0.2, -0.15) is 0 Å². The van der Waals surface area contributed by atoms with Crippen molar-refractivity contribution in [2.24, 2.45) is 0 Å². The molecule has 0 aliphatic heterocycles. The zero-order chi connectivity index (χ0) is 11.4. The highest BCUT2D eigenvalue weighted by Crippen LogP contribution is 2.16. The van der Waals surface area contributed by atoms with E-state index < -0.39 is 0 Å². The van der Waals surface area contributed by atoms with Crippen LogP contribution in [0.25, 0.3) is 0 Å². The monoisotopic (exact) mass is 252 g/mol. The lowest BCUT2D eigenvalue weighted by molar-refractivity contribution is 0.573. The number of hydrogen-bond donors (Lipinski definition) is 1. The highest BCUT2D eigenvalue weighted by molar-refractivity contribution is 7.09. The predicted octanol–water partition coefficient (Wildman–Crippen LogP) is 3.65. The van der Waals surface area contributed by atoms with E-state index in [0.29, 0.717) is 6.04 Å². The van der Waals surface area contributed by atoms with E-state index in [2.05, 4.69) is 17.2 Å². The van der Waals surface area contributed by atoms with Crippen LogP contribution in [-0.2, 0) is 6.54 Å². The van der Waals surface area contributed by atoms with Crippen LogP contribution >= 0.6 is 22.9 Å². The summed E-state index contributed by atoms with van der Waals surface area (Å²) < 4.78 is 0. The fraction of sp³-hybridized carbons (Fsp3) is 0.250. The summed E-state index contributed by atoms with van der Waals surface area (Å²) in [6, 6.07) is 8.22. The van der Waals surface area contributed by atoms with E-state index in [9.17, 15) is 0 Å². The smallest absolute Gasteiger partial charge is 0.106 e. The van der Waals surface area contributed by atoms with Gasteiger partial charge in [0.2, 0.25) is 0 Å². The van der Waals surface area contributed by atoms with E-state index in [4.69, 9.17) is 11.6 Å². The summed E-state index contributed by atoms with van der Waals surface area (Å²) in [5.41, 5.74) is 1.24. The number of hydrogen-bond acceptors (Lipinski definition) is 3. The maximum Gasteiger partial charge on any atom is 0.106 e. The molecule has 0 radical (unpaired) electrons. The van der Waals surface area contributed by atoms with Crippen LogP contribution in [0.3, 0.4) is 0 Å². The SMILES string of the molecule is CC(NCc1nccs1)c1ccc(Cl)cc1. The Morgan fingerprint density at radius 2 is 2.12 bits per heavy atom. The highest BCUT2D eigenvalue weighted by atomic mass is 35.5. The van der Waals surface area contributed by atoms with Gasteiger partial charge in [0.05, 0.1) is 0 Å². The molecule has 0 aliphatic rings. The first-order valence-corrected chi connectivity index (χ1v) is 6.38. The minimum atomic E-state index is 0.307. The van der Waals surface area contributed by atoms with Crippen molar-refractivity contribution < 1.29 is 0 Å². The van der Waals surface area contributed by atoms with E-state index >= 15 is 0 Å². The molecule has 4 heteroatoms. The molecule has 2 rings (SSSR count). The van der Waals surface area contributed by atoms with Crippen LogP contribution in [-0.4, -0.2) is 4.98 Å². The minimum absolute atomic E-state index is 0.307. The molecule has 1 aromatic carbocycles. The first-order chi connectivity index (χ1) is 7.75. The average Bonchev–Trinajstić information content (AvgIpc) is 2.80. The van der Waals surface area contributed by atoms with E-state index in [1.54, 1.807) is 11.3 Å². The molecule has 1 unspecified atom stereocenters. The van der Waals surface area contributed by atoms with E-state index in [1.165, 1.54) is 5.56 Å². The third-order valence-corrected chi connectivity index (χ3v) is 3.44. The summed E-state index contributed by atoms with van der Waals surface area (Å²) in [5.74, 6) is 0. The van der Waals surface area contributed by atoms with Gasteiger partial charge in [-0.3, -0.25) is 0 Å². The minimum Gasteiger partial charge on any atom is -0.304 e. The number of aromatic nitrogens is 1. The molecule has 16 heavy (non-hydrogen) atoms. The Morgan fingerprint density at radius 1 is 1.38 bits per heavy atom. The van der Waals surface area contributed by atoms with E-state index in [1.807, 2.05) is 35.8 Å². The van der Waals surface area contributed by atoms with Crippen LogP contribution in [0.15, 0.2) is 35.8 Å². The van der Waals surface area contributed by atoms with Gasteiger partial charge in [0.25, 0.3) is 0 Å². The maximum absolute atomic E-state index is 5.85. The molecular formula is C12H13ClN2S. The molecule has 0 saturated carbocycles. The third-order valence-electron chi connectivity index (χ3n) is 2.41. The van der Waals surface area contributed by atoms with Crippen LogP contribution in [0.4, 0.5) is 0 Å². The first kappa shape index (κ1) is 11.6. The molecule has 0 saturated heterocycles. The highest BCUT2D eigenvalue weighted by Gasteiger charge is 2.05. The van der Waals surface area contributed by atoms with Crippen molar-refractivity contribution in [3.8, 4) is 0 Å². The number of thiazole rings is 1. The van der Waals surface area contributed by atoms with Crippen LogP contribution in [0, 0.1) is 0 Å². The molecule has 0 bridgehead atoms. The Hall–Kier alpha value is -0.900. The second-order valence-electron chi connectivity index (χ2n) is 3.58. The van der Waals surface area contributed by atoms with E-state index in [-0.39, 0.29) is 0 Å². The predicted molar refractivity (Wildman–Crippen MR) is 68.8 cm³/mol. The van der Waals surface area contributed by atoms with Crippen molar-refractivity contribution in [1.29, 1.82) is 0 Å². The van der Waals surface area contributed by atoms with Gasteiger partial charge in [-0.05, 0) is 24.6 Å². The van der Waals surface area contributed by atoms with Crippen molar-refractivity contribution in [3.05, 3.63) is 51.4 Å². The topological polar surface area (TPSA) is 24.9 Å². The molecule has 1 aromatic heterocycles. The van der Waals surface area contributed by atoms with Crippen molar-refractivity contribution in [2.45, 2.75) is 19.5 Å². The molecule has 1 N–H and O–H groups in total. The summed E-state index contributed by atoms with van der Waals surface area (Å²) in [5, 5.41) is 7.30. The van der Waals surface area contributed by atoms with Gasteiger partial charge < -0.3 is 5.32 Å². The molecule has 1 atom stereocenters. The van der Waals surface area contributed by atoms with Crippen molar-refractivity contribution in [1.82, 2.24) is 10.3 Å². The number of nitrogens with zero attached hydrogens (tertiary/aromatic N) is 1. The Bertz CT molecular complexity index is 425. The molecular weight excluding hydrogens is 240 g/mol. The third kappa shape index (κ3) is 3.04. The quantitative estimate of drug-likeness (QED) is 0.899. The second-order valence-corrected chi connectivity index (χ2v) is 5.00. The second kappa shape index (κ2) is 5.43. The lowest BCUT2D eigenvalue weighted by Crippen LogP contribution is -2.17. The summed E-state index contributed by atoms with van der Waals surface area (Å²) in [6.07, 6.45) is 1.83. The molecule has 0 amide bonds. The Kier molecular flexibility index (Phi) is 3.93. The molecule has 84 valence electrons. The Balaban J connectivity index is 1.93. The molecule has 2 nitrogen and oxygen atoms in total. The summed E-state index contributed by atoms with van der Waals surface area (Å²) in [7, 11) is 0.